The fourth-order valence-electron chi connectivity index (χ4n) is 1.69. The monoisotopic (exact) mass is 328 g/mol. The largest absolute Gasteiger partial charge is 0.444 e. The lowest BCUT2D eigenvalue weighted by Crippen LogP contribution is -2.37. The fraction of sp³-hybridized carbons (Fsp3) is 0.429. The number of nitrogens with zero attached hydrogens (tertiary/aromatic N) is 2. The van der Waals surface area contributed by atoms with Crippen molar-refractivity contribution in [2.24, 2.45) is 0 Å². The van der Waals surface area contributed by atoms with Gasteiger partial charge in [0.1, 0.15) is 23.0 Å². The van der Waals surface area contributed by atoms with Gasteiger partial charge in [-0.05, 0) is 32.4 Å². The molecule has 0 aliphatic heterocycles. The van der Waals surface area contributed by atoms with Crippen molar-refractivity contribution in [2.75, 3.05) is 7.05 Å². The quantitative estimate of drug-likeness (QED) is 0.480. The van der Waals surface area contributed by atoms with Crippen molar-refractivity contribution in [3.8, 4) is 0 Å². The van der Waals surface area contributed by atoms with Gasteiger partial charge in [-0.25, -0.2) is 4.79 Å². The topological polar surface area (TPSA) is 89.8 Å². The van der Waals surface area contributed by atoms with Crippen molar-refractivity contribution in [3.63, 3.8) is 0 Å². The van der Waals surface area contributed by atoms with Crippen LogP contribution in [0.2, 0.25) is 5.02 Å². The Morgan fingerprint density at radius 2 is 2.05 bits per heavy atom. The van der Waals surface area contributed by atoms with Gasteiger partial charge in [0, 0.05) is 13.1 Å². The molecule has 1 unspecified atom stereocenters. The zero-order chi connectivity index (χ0) is 17.1. The minimum Gasteiger partial charge on any atom is -0.444 e. The summed E-state index contributed by atoms with van der Waals surface area (Å²) in [7, 11) is 1.38. The number of nitro benzene ring substituents is 1. The number of benzene rings is 1. The van der Waals surface area contributed by atoms with Crippen molar-refractivity contribution in [1.29, 1.82) is 0 Å². The van der Waals surface area contributed by atoms with E-state index < -0.39 is 22.7 Å². The number of likely N-dealkylation sites (N-methyl/N-ethyl adjacent to an activating group) is 1. The predicted molar refractivity (Wildman–Crippen MR) is 80.9 cm³/mol. The van der Waals surface area contributed by atoms with Crippen LogP contribution in [0.4, 0.5) is 10.5 Å². The first-order chi connectivity index (χ1) is 10.1. The Morgan fingerprint density at radius 1 is 1.45 bits per heavy atom. The number of hydrogen-bond acceptors (Lipinski definition) is 5. The molecule has 0 aromatic heterocycles. The molecule has 1 rings (SSSR count). The summed E-state index contributed by atoms with van der Waals surface area (Å²) in [6, 6.07) is 2.93. The van der Waals surface area contributed by atoms with Crippen LogP contribution in [0.5, 0.6) is 0 Å². The van der Waals surface area contributed by atoms with Gasteiger partial charge in [-0.15, -0.1) is 0 Å². The van der Waals surface area contributed by atoms with Gasteiger partial charge in [0.2, 0.25) is 0 Å². The van der Waals surface area contributed by atoms with Gasteiger partial charge in [0.15, 0.2) is 0 Å². The van der Waals surface area contributed by atoms with Crippen LogP contribution in [-0.2, 0) is 9.53 Å². The molecule has 0 fully saturated rings. The molecule has 1 aromatic rings. The Labute approximate surface area is 133 Å². The number of amides is 1. The number of carbonyl (C=O) groups is 2. The molecule has 0 aliphatic carbocycles. The number of hydrogen-bond donors (Lipinski definition) is 0. The number of rotatable bonds is 4. The summed E-state index contributed by atoms with van der Waals surface area (Å²) in [5.41, 5.74) is -0.770. The molecule has 0 heterocycles. The van der Waals surface area contributed by atoms with Crippen molar-refractivity contribution < 1.29 is 19.2 Å². The van der Waals surface area contributed by atoms with Gasteiger partial charge in [-0.2, -0.15) is 0 Å². The summed E-state index contributed by atoms with van der Waals surface area (Å²) in [4.78, 5) is 34.7. The molecule has 8 heteroatoms. The highest BCUT2D eigenvalue weighted by atomic mass is 35.5. The molecule has 22 heavy (non-hydrogen) atoms. The lowest BCUT2D eigenvalue weighted by atomic mass is 10.1. The maximum absolute atomic E-state index is 12.0. The van der Waals surface area contributed by atoms with Crippen LogP contribution in [0.25, 0.3) is 0 Å². The highest BCUT2D eigenvalue weighted by Crippen LogP contribution is 2.29. The lowest BCUT2D eigenvalue weighted by Gasteiger charge is -2.28. The van der Waals surface area contributed by atoms with Gasteiger partial charge < -0.3 is 9.53 Å². The minimum atomic E-state index is -1.01. The van der Waals surface area contributed by atoms with E-state index in [0.717, 1.165) is 4.90 Å². The van der Waals surface area contributed by atoms with E-state index in [1.165, 1.54) is 25.2 Å². The highest BCUT2D eigenvalue weighted by molar-refractivity contribution is 6.32. The third kappa shape index (κ3) is 4.42. The molecule has 0 radical (unpaired) electrons. The molecule has 0 spiro atoms. The van der Waals surface area contributed by atoms with Crippen molar-refractivity contribution in [3.05, 3.63) is 38.9 Å². The van der Waals surface area contributed by atoms with Gasteiger partial charge in [-0.1, -0.05) is 17.7 Å². The predicted octanol–water partition coefficient (Wildman–Crippen LogP) is 3.36. The van der Waals surface area contributed by atoms with E-state index in [1.807, 2.05) is 0 Å². The maximum Gasteiger partial charge on any atom is 0.410 e. The molecule has 1 atom stereocenters. The maximum atomic E-state index is 12.0. The van der Waals surface area contributed by atoms with Crippen molar-refractivity contribution >= 4 is 29.7 Å². The normalized spacial score (nSPS) is 12.4. The molecule has 1 amide bonds. The Morgan fingerprint density at radius 3 is 2.50 bits per heavy atom. The third-order valence-electron chi connectivity index (χ3n) is 2.74. The lowest BCUT2D eigenvalue weighted by molar-refractivity contribution is -0.384. The molecular weight excluding hydrogens is 312 g/mol. The Hall–Kier alpha value is -2.15. The van der Waals surface area contributed by atoms with E-state index in [4.69, 9.17) is 16.3 Å². The van der Waals surface area contributed by atoms with Crippen LogP contribution in [0, 0.1) is 10.1 Å². The zero-order valence-corrected chi connectivity index (χ0v) is 13.5. The smallest absolute Gasteiger partial charge is 0.410 e. The van der Waals surface area contributed by atoms with Gasteiger partial charge >= 0.3 is 6.09 Å². The molecule has 0 N–H and O–H groups in total. The second-order valence-corrected chi connectivity index (χ2v) is 6.05. The van der Waals surface area contributed by atoms with Crippen LogP contribution in [0.15, 0.2) is 18.2 Å². The standard InChI is InChI=1S/C14H17ClN2O5/c1-14(2,3)22-13(19)16(4)12(8-18)9-5-6-10(15)11(7-9)17(20)21/h5-8,12H,1-4H3. The molecule has 0 saturated carbocycles. The highest BCUT2D eigenvalue weighted by Gasteiger charge is 2.27. The van der Waals surface area contributed by atoms with Crippen LogP contribution in [0.1, 0.15) is 32.4 Å². The van der Waals surface area contributed by atoms with Gasteiger partial charge in [0.25, 0.3) is 5.69 Å². The van der Waals surface area contributed by atoms with Crippen molar-refractivity contribution in [2.45, 2.75) is 32.4 Å². The molecule has 7 nitrogen and oxygen atoms in total. The average Bonchev–Trinajstić information content (AvgIpc) is 2.38. The molecule has 0 bridgehead atoms. The molecule has 0 aliphatic rings. The Kier molecular flexibility index (Phi) is 5.48. The van der Waals surface area contributed by atoms with E-state index in [1.54, 1.807) is 20.8 Å². The third-order valence-corrected chi connectivity index (χ3v) is 3.06. The first-order valence-electron chi connectivity index (χ1n) is 6.41. The van der Waals surface area contributed by atoms with Crippen LogP contribution < -0.4 is 0 Å². The summed E-state index contributed by atoms with van der Waals surface area (Å²) < 4.78 is 5.17. The molecule has 1 aromatic carbocycles. The Balaban J connectivity index is 3.11. The SMILES string of the molecule is CN(C(=O)OC(C)(C)C)C(C=O)c1ccc(Cl)c([N+](=O)[O-])c1. The number of nitro groups is 1. The molecule has 120 valence electrons. The van der Waals surface area contributed by atoms with E-state index in [-0.39, 0.29) is 16.3 Å². The minimum absolute atomic E-state index is 0.0432. The second-order valence-electron chi connectivity index (χ2n) is 5.64. The zero-order valence-electron chi connectivity index (χ0n) is 12.7. The van der Waals surface area contributed by atoms with E-state index in [2.05, 4.69) is 0 Å². The average molecular weight is 329 g/mol. The first kappa shape index (κ1) is 17.9. The van der Waals surface area contributed by atoms with E-state index >= 15 is 0 Å². The summed E-state index contributed by atoms with van der Waals surface area (Å²) >= 11 is 5.73. The number of aldehydes is 1. The summed E-state index contributed by atoms with van der Waals surface area (Å²) in [6.45, 7) is 5.09. The van der Waals surface area contributed by atoms with Crippen LogP contribution in [-0.4, -0.2) is 34.9 Å². The number of carbonyl (C=O) groups excluding carboxylic acids is 2. The Bertz CT molecular complexity index is 597. The summed E-state index contributed by atoms with van der Waals surface area (Å²) in [5.74, 6) is 0. The van der Waals surface area contributed by atoms with E-state index in [9.17, 15) is 19.7 Å². The first-order valence-corrected chi connectivity index (χ1v) is 6.79. The van der Waals surface area contributed by atoms with Crippen LogP contribution >= 0.6 is 11.6 Å². The fourth-order valence-corrected chi connectivity index (χ4v) is 1.88. The van der Waals surface area contributed by atoms with Crippen LogP contribution in [0.3, 0.4) is 0 Å². The summed E-state index contributed by atoms with van der Waals surface area (Å²) in [5, 5.41) is 10.9. The van der Waals surface area contributed by atoms with Gasteiger partial charge in [0.05, 0.1) is 4.92 Å². The van der Waals surface area contributed by atoms with E-state index in [0.29, 0.717) is 6.29 Å². The summed E-state index contributed by atoms with van der Waals surface area (Å²) in [6.07, 6.45) is -0.195. The van der Waals surface area contributed by atoms with Crippen molar-refractivity contribution in [1.82, 2.24) is 4.90 Å². The molecular formula is C14H17ClN2O5. The van der Waals surface area contributed by atoms with Gasteiger partial charge in [-0.3, -0.25) is 15.0 Å². The number of ether oxygens (including phenoxy) is 1. The number of halogens is 1. The molecule has 0 saturated heterocycles. The second kappa shape index (κ2) is 6.74.